The van der Waals surface area contributed by atoms with E-state index in [-0.39, 0.29) is 12.7 Å². The average Bonchev–Trinajstić information content (AvgIpc) is 1.99. The second-order valence-electron chi connectivity index (χ2n) is 1.86. The molecule has 0 aromatic rings. The molecule has 0 aromatic heterocycles. The third kappa shape index (κ3) is 4.14. The summed E-state index contributed by atoms with van der Waals surface area (Å²) in [6.45, 7) is 1.31. The van der Waals surface area contributed by atoms with E-state index < -0.39 is 23.0 Å². The molecule has 0 saturated heterocycles. The van der Waals surface area contributed by atoms with Gasteiger partial charge in [0.1, 0.15) is 0 Å². The zero-order valence-corrected chi connectivity index (χ0v) is 6.70. The molecule has 5 nitrogen and oxygen atoms in total. The number of rotatable bonds is 4. The molecule has 0 aliphatic carbocycles. The Bertz CT molecular complexity index is 239. The van der Waals surface area contributed by atoms with Gasteiger partial charge >= 0.3 is 11.7 Å². The number of ether oxygens (including phenoxy) is 1. The van der Waals surface area contributed by atoms with Crippen LogP contribution in [0.15, 0.2) is 11.8 Å². The number of hydrogen-bond donors (Lipinski definition) is 0. The molecular weight excluding hydrogens is 188 g/mol. The standard InChI is InChI=1S/C6H7F2NO4/c1-2-13-6(10)4(9(11)12)3-5(7)8/h3,5H,2H2,1H3/b4-3-. The minimum absolute atomic E-state index is 0.0575. The van der Waals surface area contributed by atoms with Crippen LogP contribution in [0.1, 0.15) is 6.92 Å². The Morgan fingerprint density at radius 2 is 2.23 bits per heavy atom. The predicted octanol–water partition coefficient (Wildman–Crippen LogP) is 0.975. The lowest BCUT2D eigenvalue weighted by atomic mass is 10.4. The van der Waals surface area contributed by atoms with Crippen LogP contribution in [0, 0.1) is 10.1 Å². The second kappa shape index (κ2) is 5.18. The van der Waals surface area contributed by atoms with Crippen molar-refractivity contribution in [2.24, 2.45) is 0 Å². The van der Waals surface area contributed by atoms with Gasteiger partial charge in [0.25, 0.3) is 6.43 Å². The molecule has 0 spiro atoms. The maximum absolute atomic E-state index is 11.7. The van der Waals surface area contributed by atoms with Crippen molar-refractivity contribution < 1.29 is 23.2 Å². The van der Waals surface area contributed by atoms with Crippen LogP contribution in [0.25, 0.3) is 0 Å². The smallest absolute Gasteiger partial charge is 0.409 e. The van der Waals surface area contributed by atoms with E-state index in [2.05, 4.69) is 4.74 Å². The lowest BCUT2D eigenvalue weighted by Crippen LogP contribution is -2.15. The van der Waals surface area contributed by atoms with Crippen molar-refractivity contribution >= 4 is 5.97 Å². The molecule has 0 unspecified atom stereocenters. The minimum atomic E-state index is -3.05. The van der Waals surface area contributed by atoms with Gasteiger partial charge in [0, 0.05) is 0 Å². The molecule has 0 amide bonds. The fraction of sp³-hybridized carbons (Fsp3) is 0.500. The lowest BCUT2D eigenvalue weighted by molar-refractivity contribution is -0.422. The second-order valence-corrected chi connectivity index (χ2v) is 1.86. The Labute approximate surface area is 72.1 Å². The predicted molar refractivity (Wildman–Crippen MR) is 37.7 cm³/mol. The molecule has 0 rings (SSSR count). The van der Waals surface area contributed by atoms with Gasteiger partial charge in [-0.25, -0.2) is 13.6 Å². The zero-order valence-electron chi connectivity index (χ0n) is 6.70. The number of hydrogen-bond acceptors (Lipinski definition) is 4. The molecule has 0 heterocycles. The number of esters is 1. The number of nitrogens with zero attached hydrogens (tertiary/aromatic N) is 1. The van der Waals surface area contributed by atoms with Crippen LogP contribution in [-0.4, -0.2) is 23.9 Å². The first-order valence-electron chi connectivity index (χ1n) is 3.30. The van der Waals surface area contributed by atoms with E-state index in [4.69, 9.17) is 0 Å². The summed E-state index contributed by atoms with van der Waals surface area (Å²) in [7, 11) is 0. The maximum Gasteiger partial charge on any atom is 0.409 e. The van der Waals surface area contributed by atoms with Gasteiger partial charge in [-0.15, -0.1) is 0 Å². The fourth-order valence-corrected chi connectivity index (χ4v) is 0.528. The van der Waals surface area contributed by atoms with E-state index in [1.54, 1.807) is 0 Å². The molecule has 13 heavy (non-hydrogen) atoms. The quantitative estimate of drug-likeness (QED) is 0.290. The monoisotopic (exact) mass is 195 g/mol. The minimum Gasteiger partial charge on any atom is -0.458 e. The van der Waals surface area contributed by atoms with Gasteiger partial charge in [0.2, 0.25) is 0 Å². The van der Waals surface area contributed by atoms with E-state index in [0.717, 1.165) is 0 Å². The van der Waals surface area contributed by atoms with Crippen molar-refractivity contribution in [1.82, 2.24) is 0 Å². The molecule has 0 N–H and O–H groups in total. The summed E-state index contributed by atoms with van der Waals surface area (Å²) >= 11 is 0. The highest BCUT2D eigenvalue weighted by Crippen LogP contribution is 2.04. The van der Waals surface area contributed by atoms with Crippen LogP contribution in [0.5, 0.6) is 0 Å². The molecule has 7 heteroatoms. The summed E-state index contributed by atoms with van der Waals surface area (Å²) in [5.41, 5.74) is -1.24. The van der Waals surface area contributed by atoms with Crippen LogP contribution >= 0.6 is 0 Å². The number of nitro groups is 1. The Morgan fingerprint density at radius 3 is 2.54 bits per heavy atom. The normalized spacial score (nSPS) is 11.5. The van der Waals surface area contributed by atoms with Gasteiger partial charge in [0.15, 0.2) is 0 Å². The summed E-state index contributed by atoms with van der Waals surface area (Å²) in [5.74, 6) is -1.35. The summed E-state index contributed by atoms with van der Waals surface area (Å²) in [5, 5.41) is 10.1. The van der Waals surface area contributed by atoms with Crippen molar-refractivity contribution in [2.75, 3.05) is 6.61 Å². The Balaban J connectivity index is 4.61. The molecule has 0 bridgehead atoms. The molecule has 0 fully saturated rings. The summed E-state index contributed by atoms with van der Waals surface area (Å²) in [6.07, 6.45) is -3.11. The summed E-state index contributed by atoms with van der Waals surface area (Å²) in [6, 6.07) is 0. The SMILES string of the molecule is CCOC(=O)/C(=C/C(F)F)[N+](=O)[O-]. The number of carbonyl (C=O) groups is 1. The fourth-order valence-electron chi connectivity index (χ4n) is 0.528. The van der Waals surface area contributed by atoms with Crippen molar-refractivity contribution in [3.63, 3.8) is 0 Å². The number of halogens is 2. The molecule has 0 aromatic carbocycles. The van der Waals surface area contributed by atoms with Gasteiger partial charge in [-0.05, 0) is 6.92 Å². The first-order chi connectivity index (χ1) is 5.99. The van der Waals surface area contributed by atoms with Crippen LogP contribution in [0.2, 0.25) is 0 Å². The van der Waals surface area contributed by atoms with Crippen LogP contribution in [-0.2, 0) is 9.53 Å². The van der Waals surface area contributed by atoms with E-state index in [1.807, 2.05) is 0 Å². The average molecular weight is 195 g/mol. The van der Waals surface area contributed by atoms with E-state index >= 15 is 0 Å². The van der Waals surface area contributed by atoms with Gasteiger partial charge in [-0.1, -0.05) is 0 Å². The molecule has 0 radical (unpaired) electrons. The third-order valence-electron chi connectivity index (χ3n) is 0.965. The zero-order chi connectivity index (χ0) is 10.4. The van der Waals surface area contributed by atoms with E-state index in [0.29, 0.717) is 0 Å². The number of alkyl halides is 2. The maximum atomic E-state index is 11.7. The molecular formula is C6H7F2NO4. The van der Waals surface area contributed by atoms with Crippen LogP contribution in [0.3, 0.4) is 0 Å². The summed E-state index contributed by atoms with van der Waals surface area (Å²) in [4.78, 5) is 19.5. The highest BCUT2D eigenvalue weighted by atomic mass is 19.3. The van der Waals surface area contributed by atoms with Gasteiger partial charge < -0.3 is 4.74 Å². The molecule has 0 atom stereocenters. The van der Waals surface area contributed by atoms with Crippen molar-refractivity contribution in [3.05, 3.63) is 21.9 Å². The Kier molecular flexibility index (Phi) is 4.57. The first-order valence-corrected chi connectivity index (χ1v) is 3.30. The lowest BCUT2D eigenvalue weighted by Gasteiger charge is -1.98. The van der Waals surface area contributed by atoms with E-state index in [9.17, 15) is 23.7 Å². The third-order valence-corrected chi connectivity index (χ3v) is 0.965. The van der Waals surface area contributed by atoms with Crippen molar-refractivity contribution in [2.45, 2.75) is 13.3 Å². The molecule has 74 valence electrons. The van der Waals surface area contributed by atoms with Crippen LogP contribution < -0.4 is 0 Å². The first kappa shape index (κ1) is 11.5. The van der Waals surface area contributed by atoms with Crippen LogP contribution in [0.4, 0.5) is 8.78 Å². The van der Waals surface area contributed by atoms with Gasteiger partial charge in [-0.2, -0.15) is 0 Å². The number of allylic oxidation sites excluding steroid dienone is 1. The largest absolute Gasteiger partial charge is 0.458 e. The number of carbonyl (C=O) groups excluding carboxylic acids is 1. The van der Waals surface area contributed by atoms with Gasteiger partial charge in [-0.3, -0.25) is 10.1 Å². The Hall–Kier alpha value is -1.53. The summed E-state index contributed by atoms with van der Waals surface area (Å²) < 4.78 is 27.5. The Morgan fingerprint density at radius 1 is 1.69 bits per heavy atom. The van der Waals surface area contributed by atoms with Gasteiger partial charge in [0.05, 0.1) is 17.6 Å². The van der Waals surface area contributed by atoms with Crippen molar-refractivity contribution in [1.29, 1.82) is 0 Å². The highest BCUT2D eigenvalue weighted by Gasteiger charge is 2.25. The topological polar surface area (TPSA) is 69.4 Å². The highest BCUT2D eigenvalue weighted by molar-refractivity contribution is 5.85. The molecule has 0 aliphatic heterocycles. The molecule has 0 saturated carbocycles. The van der Waals surface area contributed by atoms with Crippen molar-refractivity contribution in [3.8, 4) is 0 Å². The molecule has 0 aliphatic rings. The van der Waals surface area contributed by atoms with E-state index in [1.165, 1.54) is 6.92 Å².